The van der Waals surface area contributed by atoms with Crippen molar-refractivity contribution in [2.45, 2.75) is 25.2 Å². The van der Waals surface area contributed by atoms with Crippen molar-refractivity contribution < 1.29 is 14.0 Å². The van der Waals surface area contributed by atoms with Crippen molar-refractivity contribution in [1.29, 1.82) is 0 Å². The van der Waals surface area contributed by atoms with Gasteiger partial charge in [0, 0.05) is 17.6 Å². The molecule has 0 aliphatic heterocycles. The summed E-state index contributed by atoms with van der Waals surface area (Å²) in [6, 6.07) is 13.2. The molecule has 0 spiro atoms. The van der Waals surface area contributed by atoms with E-state index in [1.54, 1.807) is 28.8 Å². The molecule has 166 valence electrons. The summed E-state index contributed by atoms with van der Waals surface area (Å²) in [5, 5.41) is 14.6. The first-order chi connectivity index (χ1) is 15.5. The third-order valence-corrected chi connectivity index (χ3v) is 5.64. The molecule has 1 heterocycles. The van der Waals surface area contributed by atoms with E-state index in [2.05, 4.69) is 20.8 Å². The summed E-state index contributed by atoms with van der Waals surface area (Å²) in [7, 11) is 0. The number of aromatic nitrogens is 3. The molecule has 0 radical (unpaired) electrons. The lowest BCUT2D eigenvalue weighted by Gasteiger charge is -2.08. The Balaban J connectivity index is 1.54. The van der Waals surface area contributed by atoms with Gasteiger partial charge in [-0.1, -0.05) is 53.7 Å². The van der Waals surface area contributed by atoms with E-state index in [1.807, 2.05) is 25.1 Å². The second kappa shape index (κ2) is 11.4. The fraction of sp³-hybridized carbons (Fsp3) is 0.182. The molecule has 0 unspecified atom stereocenters. The van der Waals surface area contributed by atoms with E-state index in [-0.39, 0.29) is 29.8 Å². The lowest BCUT2D eigenvalue weighted by Crippen LogP contribution is -2.22. The first kappa shape index (κ1) is 23.5. The third kappa shape index (κ3) is 6.41. The summed E-state index contributed by atoms with van der Waals surface area (Å²) in [6.45, 7) is 2.65. The monoisotopic (exact) mass is 473 g/mol. The van der Waals surface area contributed by atoms with Crippen LogP contribution in [0.3, 0.4) is 0 Å². The Kier molecular flexibility index (Phi) is 8.41. The van der Waals surface area contributed by atoms with Crippen molar-refractivity contribution in [3.05, 3.63) is 76.8 Å². The molecule has 10 heteroatoms. The van der Waals surface area contributed by atoms with E-state index in [4.69, 9.17) is 11.6 Å². The largest absolute Gasteiger partial charge is 0.345 e. The molecule has 0 bridgehead atoms. The summed E-state index contributed by atoms with van der Waals surface area (Å²) < 4.78 is 15.5. The highest BCUT2D eigenvalue weighted by Gasteiger charge is 2.14. The van der Waals surface area contributed by atoms with E-state index in [1.165, 1.54) is 30.0 Å². The number of nitrogens with zero attached hydrogens (tertiary/aromatic N) is 3. The maximum atomic E-state index is 13.7. The van der Waals surface area contributed by atoms with Crippen molar-refractivity contribution >= 4 is 46.9 Å². The molecule has 3 rings (SSSR count). The number of para-hydroxylation sites is 1. The Bertz CT molecular complexity index is 1140. The summed E-state index contributed by atoms with van der Waals surface area (Å²) in [6.07, 6.45) is 3.04. The van der Waals surface area contributed by atoms with Gasteiger partial charge in [0.05, 0.1) is 18.0 Å². The minimum absolute atomic E-state index is 0.0411. The van der Waals surface area contributed by atoms with Gasteiger partial charge in [-0.15, -0.1) is 10.2 Å². The zero-order valence-corrected chi connectivity index (χ0v) is 18.8. The molecular weight excluding hydrogens is 453 g/mol. The number of rotatable bonds is 9. The molecule has 7 nitrogen and oxygen atoms in total. The Morgan fingerprint density at radius 3 is 2.66 bits per heavy atom. The van der Waals surface area contributed by atoms with Crippen LogP contribution in [0.1, 0.15) is 18.3 Å². The number of hydrogen-bond donors (Lipinski definition) is 2. The van der Waals surface area contributed by atoms with Crippen LogP contribution in [0.15, 0.2) is 59.8 Å². The van der Waals surface area contributed by atoms with Gasteiger partial charge in [0.1, 0.15) is 5.82 Å². The van der Waals surface area contributed by atoms with E-state index in [0.717, 1.165) is 5.56 Å². The maximum Gasteiger partial charge on any atom is 0.244 e. The normalized spacial score (nSPS) is 11.0. The van der Waals surface area contributed by atoms with Gasteiger partial charge in [-0.05, 0) is 36.8 Å². The van der Waals surface area contributed by atoms with Crippen LogP contribution >= 0.6 is 23.4 Å². The highest BCUT2D eigenvalue weighted by molar-refractivity contribution is 7.99. The zero-order chi connectivity index (χ0) is 22.9. The van der Waals surface area contributed by atoms with E-state index in [0.29, 0.717) is 22.5 Å². The van der Waals surface area contributed by atoms with Crippen molar-refractivity contribution in [2.24, 2.45) is 0 Å². The number of carbonyl (C=O) groups is 2. The standard InChI is InChI=1S/C22H21ClFN5O2S/c1-2-29-19(13-25-20(30)12-11-15-7-3-4-8-16(15)23)27-28-22(29)32-14-21(31)26-18-10-6-5-9-17(18)24/h3-12H,2,13-14H2,1H3,(H,25,30)(H,26,31)/b12-11+. The number of thioether (sulfide) groups is 1. The van der Waals surface area contributed by atoms with Crippen LogP contribution in [0.25, 0.3) is 6.08 Å². The molecule has 0 saturated heterocycles. The number of nitrogens with one attached hydrogen (secondary N) is 2. The van der Waals surface area contributed by atoms with Gasteiger partial charge in [0.2, 0.25) is 11.8 Å². The quantitative estimate of drug-likeness (QED) is 0.360. The van der Waals surface area contributed by atoms with Crippen molar-refractivity contribution in [3.8, 4) is 0 Å². The summed E-state index contributed by atoms with van der Waals surface area (Å²) in [5.74, 6) is -0.549. The molecule has 0 saturated carbocycles. The lowest BCUT2D eigenvalue weighted by atomic mass is 10.2. The number of amides is 2. The predicted molar refractivity (Wildman–Crippen MR) is 124 cm³/mol. The number of carbonyl (C=O) groups excluding carboxylic acids is 2. The molecule has 3 aromatic rings. The van der Waals surface area contributed by atoms with Crippen LogP contribution in [-0.4, -0.2) is 32.3 Å². The zero-order valence-electron chi connectivity index (χ0n) is 17.2. The molecule has 0 aliphatic carbocycles. The Morgan fingerprint density at radius 1 is 1.16 bits per heavy atom. The number of halogens is 2. The van der Waals surface area contributed by atoms with E-state index in [9.17, 15) is 14.0 Å². The molecule has 2 amide bonds. The SMILES string of the molecule is CCn1c(CNC(=O)/C=C/c2ccccc2Cl)nnc1SCC(=O)Nc1ccccc1F. The summed E-state index contributed by atoms with van der Waals surface area (Å²) in [4.78, 5) is 24.3. The van der Waals surface area contributed by atoms with Gasteiger partial charge < -0.3 is 15.2 Å². The van der Waals surface area contributed by atoms with Crippen molar-refractivity contribution in [3.63, 3.8) is 0 Å². The Morgan fingerprint density at radius 2 is 1.91 bits per heavy atom. The summed E-state index contributed by atoms with van der Waals surface area (Å²) in [5.41, 5.74) is 0.872. The van der Waals surface area contributed by atoms with Gasteiger partial charge in [-0.3, -0.25) is 9.59 Å². The van der Waals surface area contributed by atoms with Crippen LogP contribution in [0.4, 0.5) is 10.1 Å². The first-order valence-corrected chi connectivity index (χ1v) is 11.1. The topological polar surface area (TPSA) is 88.9 Å². The van der Waals surface area contributed by atoms with Gasteiger partial charge in [0.15, 0.2) is 11.0 Å². The highest BCUT2D eigenvalue weighted by atomic mass is 35.5. The average molecular weight is 474 g/mol. The molecule has 0 atom stereocenters. The number of anilines is 1. The van der Waals surface area contributed by atoms with Gasteiger partial charge >= 0.3 is 0 Å². The molecule has 1 aromatic heterocycles. The minimum atomic E-state index is -0.496. The predicted octanol–water partition coefficient (Wildman–Crippen LogP) is 4.15. The average Bonchev–Trinajstić information content (AvgIpc) is 3.19. The molecule has 0 fully saturated rings. The third-order valence-electron chi connectivity index (χ3n) is 4.33. The van der Waals surface area contributed by atoms with Crippen LogP contribution in [0.2, 0.25) is 5.02 Å². The van der Waals surface area contributed by atoms with Gasteiger partial charge in [0.25, 0.3) is 0 Å². The van der Waals surface area contributed by atoms with Crippen LogP contribution in [-0.2, 0) is 22.7 Å². The maximum absolute atomic E-state index is 13.7. The second-order valence-corrected chi connectivity index (χ2v) is 7.88. The Labute approximate surface area is 194 Å². The molecular formula is C22H21ClFN5O2S. The first-order valence-electron chi connectivity index (χ1n) is 9.77. The van der Waals surface area contributed by atoms with E-state index < -0.39 is 5.82 Å². The fourth-order valence-corrected chi connectivity index (χ4v) is 3.77. The van der Waals surface area contributed by atoms with Crippen LogP contribution in [0, 0.1) is 5.82 Å². The van der Waals surface area contributed by atoms with Gasteiger partial charge in [-0.25, -0.2) is 4.39 Å². The van der Waals surface area contributed by atoms with Crippen molar-refractivity contribution in [1.82, 2.24) is 20.1 Å². The minimum Gasteiger partial charge on any atom is -0.345 e. The Hall–Kier alpha value is -3.17. The van der Waals surface area contributed by atoms with E-state index >= 15 is 0 Å². The number of hydrogen-bond acceptors (Lipinski definition) is 5. The van der Waals surface area contributed by atoms with Gasteiger partial charge in [-0.2, -0.15) is 0 Å². The molecule has 2 aromatic carbocycles. The second-order valence-electron chi connectivity index (χ2n) is 6.53. The van der Waals surface area contributed by atoms with Crippen LogP contribution < -0.4 is 10.6 Å². The smallest absolute Gasteiger partial charge is 0.244 e. The molecule has 0 aliphatic rings. The summed E-state index contributed by atoms with van der Waals surface area (Å²) >= 11 is 7.26. The van der Waals surface area contributed by atoms with Crippen LogP contribution in [0.5, 0.6) is 0 Å². The fourth-order valence-electron chi connectivity index (χ4n) is 2.75. The highest BCUT2D eigenvalue weighted by Crippen LogP contribution is 2.19. The molecule has 32 heavy (non-hydrogen) atoms. The van der Waals surface area contributed by atoms with Crippen molar-refractivity contribution in [2.75, 3.05) is 11.1 Å². The number of benzene rings is 2. The molecule has 2 N–H and O–H groups in total. The lowest BCUT2D eigenvalue weighted by molar-refractivity contribution is -0.116.